The standard InChI is InChI=1S/C11H18N2O5S3/c1-18-4-2-3-7-5-9(12)8-6-10(21(13,16)17)19-11(8)20(7,14)15/h6-7,9H,2-5,12H2,1H3,(H2,13,16,17). The third-order valence-electron chi connectivity index (χ3n) is 3.47. The molecule has 0 saturated carbocycles. The van der Waals surface area contributed by atoms with Crippen LogP contribution in [0.4, 0.5) is 0 Å². The van der Waals surface area contributed by atoms with Gasteiger partial charge in [0.05, 0.1) is 5.25 Å². The molecule has 0 radical (unpaired) electrons. The van der Waals surface area contributed by atoms with Gasteiger partial charge in [-0.2, -0.15) is 0 Å². The highest BCUT2D eigenvalue weighted by Gasteiger charge is 2.40. The maximum absolute atomic E-state index is 12.6. The predicted octanol–water partition coefficient (Wildman–Crippen LogP) is 0.368. The average Bonchev–Trinajstić information content (AvgIpc) is 2.82. The Labute approximate surface area is 128 Å². The normalized spacial score (nSPS) is 24.7. The van der Waals surface area contributed by atoms with E-state index in [1.165, 1.54) is 6.07 Å². The van der Waals surface area contributed by atoms with E-state index < -0.39 is 31.2 Å². The Morgan fingerprint density at radius 1 is 1.48 bits per heavy atom. The van der Waals surface area contributed by atoms with Crippen LogP contribution in [0.2, 0.25) is 0 Å². The fourth-order valence-electron chi connectivity index (χ4n) is 2.40. The maximum atomic E-state index is 12.6. The van der Waals surface area contributed by atoms with E-state index in [9.17, 15) is 16.8 Å². The second kappa shape index (κ2) is 5.94. The Hall–Kier alpha value is -0.520. The fourth-order valence-corrected chi connectivity index (χ4v) is 7.19. The lowest BCUT2D eigenvalue weighted by Crippen LogP contribution is -2.32. The second-order valence-corrected chi connectivity index (χ2v) is 10.3. The minimum atomic E-state index is -3.93. The van der Waals surface area contributed by atoms with E-state index in [1.54, 1.807) is 7.11 Å². The van der Waals surface area contributed by atoms with Gasteiger partial charge in [0.25, 0.3) is 0 Å². The van der Waals surface area contributed by atoms with Crippen molar-refractivity contribution in [3.8, 4) is 0 Å². The zero-order valence-electron chi connectivity index (χ0n) is 11.5. The van der Waals surface area contributed by atoms with Crippen molar-refractivity contribution in [2.45, 2.75) is 39.0 Å². The number of sulfonamides is 1. The first-order valence-corrected chi connectivity index (χ1v) is 10.2. The van der Waals surface area contributed by atoms with E-state index >= 15 is 0 Å². The van der Waals surface area contributed by atoms with Crippen LogP contribution in [0.25, 0.3) is 0 Å². The summed E-state index contributed by atoms with van der Waals surface area (Å²) in [6.07, 6.45) is 1.32. The number of hydrogen-bond donors (Lipinski definition) is 2. The SMILES string of the molecule is COCCCC1CC(N)c2cc(S(N)(=O)=O)sc2S1(=O)=O. The molecule has 10 heteroatoms. The Morgan fingerprint density at radius 3 is 2.71 bits per heavy atom. The van der Waals surface area contributed by atoms with Crippen molar-refractivity contribution in [3.63, 3.8) is 0 Å². The van der Waals surface area contributed by atoms with E-state index in [1.807, 2.05) is 0 Å². The fraction of sp³-hybridized carbons (Fsp3) is 0.636. The Morgan fingerprint density at radius 2 is 2.14 bits per heavy atom. The topological polar surface area (TPSA) is 130 Å². The molecule has 0 spiro atoms. The van der Waals surface area contributed by atoms with Gasteiger partial charge in [0.15, 0.2) is 9.84 Å². The molecule has 4 N–H and O–H groups in total. The first-order valence-electron chi connectivity index (χ1n) is 6.33. The number of thiophene rings is 1. The molecule has 0 aliphatic carbocycles. The number of hydrogen-bond acceptors (Lipinski definition) is 7. The molecule has 0 fully saturated rings. The molecule has 1 aromatic heterocycles. The summed E-state index contributed by atoms with van der Waals surface area (Å²) >= 11 is 0.684. The number of sulfone groups is 1. The molecule has 21 heavy (non-hydrogen) atoms. The van der Waals surface area contributed by atoms with Gasteiger partial charge in [-0.05, 0) is 30.9 Å². The molecule has 0 aromatic carbocycles. The molecule has 1 aliphatic heterocycles. The first kappa shape index (κ1) is 16.8. The monoisotopic (exact) mass is 354 g/mol. The van der Waals surface area contributed by atoms with Gasteiger partial charge < -0.3 is 10.5 Å². The van der Waals surface area contributed by atoms with Crippen LogP contribution in [0, 0.1) is 0 Å². The lowest BCUT2D eigenvalue weighted by molar-refractivity contribution is 0.192. The van der Waals surface area contributed by atoms with Crippen molar-refractivity contribution < 1.29 is 21.6 Å². The number of primary sulfonamides is 1. The highest BCUT2D eigenvalue weighted by atomic mass is 32.3. The first-order chi connectivity index (χ1) is 9.67. The van der Waals surface area contributed by atoms with Crippen molar-refractivity contribution in [2.75, 3.05) is 13.7 Å². The van der Waals surface area contributed by atoms with Crippen LogP contribution in [0.5, 0.6) is 0 Å². The van der Waals surface area contributed by atoms with Gasteiger partial charge in [-0.15, -0.1) is 11.3 Å². The number of methoxy groups -OCH3 is 1. The van der Waals surface area contributed by atoms with Crippen LogP contribution < -0.4 is 10.9 Å². The molecule has 2 rings (SSSR count). The summed E-state index contributed by atoms with van der Waals surface area (Å²) in [6, 6.07) is 0.783. The number of nitrogens with two attached hydrogens (primary N) is 2. The van der Waals surface area contributed by atoms with Gasteiger partial charge in [-0.25, -0.2) is 22.0 Å². The molecular formula is C11H18N2O5S3. The predicted molar refractivity (Wildman–Crippen MR) is 79.3 cm³/mol. The van der Waals surface area contributed by atoms with Crippen molar-refractivity contribution in [1.29, 1.82) is 0 Å². The van der Waals surface area contributed by atoms with Crippen LogP contribution in [0.15, 0.2) is 14.5 Å². The summed E-state index contributed by atoms with van der Waals surface area (Å²) in [5.41, 5.74) is 6.35. The molecule has 2 heterocycles. The minimum Gasteiger partial charge on any atom is -0.385 e. The van der Waals surface area contributed by atoms with E-state index in [4.69, 9.17) is 15.6 Å². The molecule has 1 aromatic rings. The molecule has 120 valence electrons. The van der Waals surface area contributed by atoms with E-state index in [0.717, 1.165) is 0 Å². The van der Waals surface area contributed by atoms with E-state index in [0.29, 0.717) is 36.3 Å². The molecule has 0 saturated heterocycles. The lowest BCUT2D eigenvalue weighted by atomic mass is 10.0. The second-order valence-electron chi connectivity index (χ2n) is 5.00. The van der Waals surface area contributed by atoms with Crippen LogP contribution in [-0.2, 0) is 24.6 Å². The van der Waals surface area contributed by atoms with Crippen molar-refractivity contribution in [3.05, 3.63) is 11.6 Å². The Balaban J connectivity index is 2.40. The number of fused-ring (bicyclic) bond motifs is 1. The summed E-state index contributed by atoms with van der Waals surface area (Å²) in [7, 11) is -5.95. The van der Waals surface area contributed by atoms with Gasteiger partial charge in [0.2, 0.25) is 10.0 Å². The van der Waals surface area contributed by atoms with Gasteiger partial charge in [-0.3, -0.25) is 0 Å². The van der Waals surface area contributed by atoms with E-state index in [2.05, 4.69) is 0 Å². The van der Waals surface area contributed by atoms with Crippen molar-refractivity contribution in [1.82, 2.24) is 0 Å². The zero-order chi connectivity index (χ0) is 15.8. The molecule has 0 amide bonds. The third-order valence-corrected chi connectivity index (χ3v) is 8.84. The molecule has 2 unspecified atom stereocenters. The van der Waals surface area contributed by atoms with Crippen LogP contribution in [0.3, 0.4) is 0 Å². The highest BCUT2D eigenvalue weighted by molar-refractivity contribution is 7.95. The number of ether oxygens (including phenoxy) is 1. The smallest absolute Gasteiger partial charge is 0.247 e. The molecule has 7 nitrogen and oxygen atoms in total. The molecule has 2 atom stereocenters. The van der Waals surface area contributed by atoms with Gasteiger partial charge in [0, 0.05) is 19.8 Å². The maximum Gasteiger partial charge on any atom is 0.247 e. The molecule has 1 aliphatic rings. The third kappa shape index (κ3) is 3.30. The van der Waals surface area contributed by atoms with Gasteiger partial charge in [-0.1, -0.05) is 0 Å². The Kier molecular flexibility index (Phi) is 4.76. The quantitative estimate of drug-likeness (QED) is 0.735. The number of rotatable bonds is 5. The Bertz CT molecular complexity index is 723. The molecular weight excluding hydrogens is 336 g/mol. The molecule has 0 bridgehead atoms. The summed E-state index contributed by atoms with van der Waals surface area (Å²) < 4.78 is 52.7. The summed E-state index contributed by atoms with van der Waals surface area (Å²) in [4.78, 5) is 0. The largest absolute Gasteiger partial charge is 0.385 e. The summed E-state index contributed by atoms with van der Waals surface area (Å²) in [5, 5.41) is 4.46. The van der Waals surface area contributed by atoms with Crippen LogP contribution in [0.1, 0.15) is 30.9 Å². The zero-order valence-corrected chi connectivity index (χ0v) is 13.9. The van der Waals surface area contributed by atoms with Gasteiger partial charge >= 0.3 is 0 Å². The van der Waals surface area contributed by atoms with Crippen LogP contribution in [-0.4, -0.2) is 35.8 Å². The lowest BCUT2D eigenvalue weighted by Gasteiger charge is -2.26. The highest BCUT2D eigenvalue weighted by Crippen LogP contribution is 2.42. The minimum absolute atomic E-state index is 0.0349. The van der Waals surface area contributed by atoms with E-state index in [-0.39, 0.29) is 14.8 Å². The average molecular weight is 354 g/mol. The summed E-state index contributed by atoms with van der Waals surface area (Å²) in [5.74, 6) is 0. The van der Waals surface area contributed by atoms with Crippen LogP contribution >= 0.6 is 11.3 Å². The summed E-state index contributed by atoms with van der Waals surface area (Å²) in [6.45, 7) is 0.473. The van der Waals surface area contributed by atoms with Gasteiger partial charge in [0.1, 0.15) is 8.42 Å². The van der Waals surface area contributed by atoms with Crippen molar-refractivity contribution >= 4 is 31.2 Å². The van der Waals surface area contributed by atoms with Crippen molar-refractivity contribution in [2.24, 2.45) is 10.9 Å².